The minimum Gasteiger partial charge on any atom is -0.384 e. The van der Waals surface area contributed by atoms with Gasteiger partial charge in [0, 0.05) is 6.07 Å². The minimum absolute atomic E-state index is 0.489. The number of aryl methyl sites for hydroxylation is 2. The lowest BCUT2D eigenvalue weighted by Crippen LogP contribution is -2.01. The topological polar surface area (TPSA) is 64.7 Å². The summed E-state index contributed by atoms with van der Waals surface area (Å²) in [7, 11) is 0. The molecule has 2 aromatic rings. The second kappa shape index (κ2) is 3.81. The fourth-order valence-corrected chi connectivity index (χ4v) is 1.61. The number of rotatable bonds is 2. The zero-order valence-electron chi connectivity index (χ0n) is 8.99. The number of hydrogen-bond donors (Lipinski definition) is 1. The first-order valence-corrected chi connectivity index (χ1v) is 5.15. The Hall–Kier alpha value is -1.71. The van der Waals surface area contributed by atoms with Gasteiger partial charge in [0.25, 0.3) is 0 Å². The van der Waals surface area contributed by atoms with E-state index < -0.39 is 0 Å². The van der Waals surface area contributed by atoms with Crippen LogP contribution in [0.3, 0.4) is 0 Å². The Labute approximate surface area is 88.6 Å². The Morgan fingerprint density at radius 1 is 1.07 bits per heavy atom. The van der Waals surface area contributed by atoms with Gasteiger partial charge < -0.3 is 5.73 Å². The molecule has 2 rings (SSSR count). The summed E-state index contributed by atoms with van der Waals surface area (Å²) in [6.45, 7) is 4.17. The molecule has 0 atom stereocenters. The molecule has 0 spiro atoms. The van der Waals surface area contributed by atoms with Crippen molar-refractivity contribution >= 4 is 16.9 Å². The zero-order chi connectivity index (χ0) is 10.8. The van der Waals surface area contributed by atoms with Crippen molar-refractivity contribution in [3.05, 3.63) is 23.7 Å². The van der Waals surface area contributed by atoms with Gasteiger partial charge in [0.1, 0.15) is 11.3 Å². The van der Waals surface area contributed by atoms with E-state index in [0.717, 1.165) is 35.3 Å². The molecule has 0 bridgehead atoms. The molecule has 78 valence electrons. The van der Waals surface area contributed by atoms with Crippen LogP contribution in [0.2, 0.25) is 0 Å². The van der Waals surface area contributed by atoms with Crippen molar-refractivity contribution in [3.63, 3.8) is 0 Å². The maximum Gasteiger partial charge on any atom is 0.125 e. The first-order valence-electron chi connectivity index (χ1n) is 5.15. The van der Waals surface area contributed by atoms with Gasteiger partial charge in [-0.25, -0.2) is 15.0 Å². The largest absolute Gasteiger partial charge is 0.384 e. The van der Waals surface area contributed by atoms with Crippen molar-refractivity contribution in [3.8, 4) is 0 Å². The lowest BCUT2D eigenvalue weighted by atomic mass is 10.2. The highest BCUT2D eigenvalue weighted by atomic mass is 14.9. The van der Waals surface area contributed by atoms with Gasteiger partial charge in [-0.2, -0.15) is 0 Å². The van der Waals surface area contributed by atoms with Crippen LogP contribution in [-0.4, -0.2) is 15.0 Å². The molecule has 2 heterocycles. The van der Waals surface area contributed by atoms with Crippen LogP contribution in [-0.2, 0) is 12.8 Å². The second-order valence-corrected chi connectivity index (χ2v) is 3.42. The molecule has 0 saturated heterocycles. The Kier molecular flexibility index (Phi) is 2.49. The van der Waals surface area contributed by atoms with Crippen LogP contribution in [0.25, 0.3) is 11.0 Å². The molecule has 15 heavy (non-hydrogen) atoms. The number of nitrogens with two attached hydrogens (primary N) is 1. The van der Waals surface area contributed by atoms with E-state index in [0.29, 0.717) is 5.82 Å². The molecule has 0 radical (unpaired) electrons. The van der Waals surface area contributed by atoms with Gasteiger partial charge in [0.2, 0.25) is 0 Å². The zero-order valence-corrected chi connectivity index (χ0v) is 8.99. The normalized spacial score (nSPS) is 10.8. The van der Waals surface area contributed by atoms with Crippen molar-refractivity contribution < 1.29 is 0 Å². The van der Waals surface area contributed by atoms with E-state index in [9.17, 15) is 0 Å². The molecular formula is C11H14N4. The van der Waals surface area contributed by atoms with Crippen LogP contribution in [0.1, 0.15) is 25.2 Å². The number of pyridine rings is 1. The number of nitrogens with zero attached hydrogens (tertiary/aromatic N) is 3. The Morgan fingerprint density at radius 2 is 1.67 bits per heavy atom. The molecular weight excluding hydrogens is 188 g/mol. The van der Waals surface area contributed by atoms with E-state index in [1.807, 2.05) is 0 Å². The van der Waals surface area contributed by atoms with Crippen molar-refractivity contribution in [2.24, 2.45) is 0 Å². The molecule has 0 aliphatic rings. The summed E-state index contributed by atoms with van der Waals surface area (Å²) in [6.07, 6.45) is 3.47. The predicted molar refractivity (Wildman–Crippen MR) is 60.5 cm³/mol. The van der Waals surface area contributed by atoms with E-state index in [2.05, 4.69) is 28.8 Å². The van der Waals surface area contributed by atoms with E-state index in [1.165, 1.54) is 0 Å². The molecule has 2 N–H and O–H groups in total. The first-order chi connectivity index (χ1) is 7.24. The monoisotopic (exact) mass is 202 g/mol. The van der Waals surface area contributed by atoms with Gasteiger partial charge in [0.15, 0.2) is 0 Å². The maximum atomic E-state index is 5.61. The van der Waals surface area contributed by atoms with E-state index >= 15 is 0 Å². The van der Waals surface area contributed by atoms with Crippen molar-refractivity contribution in [2.45, 2.75) is 26.7 Å². The first kappa shape index (κ1) is 9.83. The number of anilines is 1. The lowest BCUT2D eigenvalue weighted by molar-refractivity contribution is 0.929. The predicted octanol–water partition coefficient (Wildman–Crippen LogP) is 1.73. The highest BCUT2D eigenvalue weighted by Gasteiger charge is 2.05. The third-order valence-electron chi connectivity index (χ3n) is 2.40. The standard InChI is InChI=1S/C11H14N4/c1-3-7-8(4-2)15-10-6-13-11(12)5-9(10)14-7/h5-6H,3-4H2,1-2H3,(H2,12,13). The Balaban J connectivity index is 2.69. The van der Waals surface area contributed by atoms with E-state index in [-0.39, 0.29) is 0 Å². The molecule has 0 aliphatic carbocycles. The van der Waals surface area contributed by atoms with E-state index in [1.54, 1.807) is 12.3 Å². The van der Waals surface area contributed by atoms with Gasteiger partial charge >= 0.3 is 0 Å². The van der Waals surface area contributed by atoms with Gasteiger partial charge in [-0.1, -0.05) is 13.8 Å². The summed E-state index contributed by atoms with van der Waals surface area (Å²) in [5, 5.41) is 0. The van der Waals surface area contributed by atoms with Gasteiger partial charge in [-0.05, 0) is 12.8 Å². The van der Waals surface area contributed by atoms with Crippen molar-refractivity contribution in [2.75, 3.05) is 5.73 Å². The van der Waals surface area contributed by atoms with Crippen LogP contribution in [0.5, 0.6) is 0 Å². The summed E-state index contributed by atoms with van der Waals surface area (Å²) < 4.78 is 0. The average molecular weight is 202 g/mol. The SMILES string of the molecule is CCc1nc2cnc(N)cc2nc1CC. The molecule has 0 fully saturated rings. The van der Waals surface area contributed by atoms with Gasteiger partial charge in [-0.15, -0.1) is 0 Å². The molecule has 0 amide bonds. The quantitative estimate of drug-likeness (QED) is 0.805. The molecule has 2 aromatic heterocycles. The van der Waals surface area contributed by atoms with Crippen LogP contribution in [0.15, 0.2) is 12.3 Å². The summed E-state index contributed by atoms with van der Waals surface area (Å²) >= 11 is 0. The number of hydrogen-bond acceptors (Lipinski definition) is 4. The average Bonchev–Trinajstić information content (AvgIpc) is 2.27. The minimum atomic E-state index is 0.489. The number of nitrogen functional groups attached to an aromatic ring is 1. The fourth-order valence-electron chi connectivity index (χ4n) is 1.61. The summed E-state index contributed by atoms with van der Waals surface area (Å²) in [5.74, 6) is 0.489. The summed E-state index contributed by atoms with van der Waals surface area (Å²) in [5.41, 5.74) is 9.36. The van der Waals surface area contributed by atoms with E-state index in [4.69, 9.17) is 5.73 Å². The third-order valence-corrected chi connectivity index (χ3v) is 2.40. The van der Waals surface area contributed by atoms with Crippen molar-refractivity contribution in [1.82, 2.24) is 15.0 Å². The van der Waals surface area contributed by atoms with Crippen LogP contribution in [0.4, 0.5) is 5.82 Å². The van der Waals surface area contributed by atoms with Gasteiger partial charge in [-0.3, -0.25) is 0 Å². The number of aromatic nitrogens is 3. The molecule has 0 aromatic carbocycles. The molecule has 4 heteroatoms. The summed E-state index contributed by atoms with van der Waals surface area (Å²) in [6, 6.07) is 1.76. The second-order valence-electron chi connectivity index (χ2n) is 3.42. The third kappa shape index (κ3) is 1.75. The number of fused-ring (bicyclic) bond motifs is 1. The molecule has 0 saturated carbocycles. The maximum absolute atomic E-state index is 5.61. The van der Waals surface area contributed by atoms with Crippen molar-refractivity contribution in [1.29, 1.82) is 0 Å². The molecule has 0 unspecified atom stereocenters. The Bertz CT molecular complexity index is 493. The van der Waals surface area contributed by atoms with Crippen LogP contribution < -0.4 is 5.73 Å². The van der Waals surface area contributed by atoms with Crippen LogP contribution in [0, 0.1) is 0 Å². The van der Waals surface area contributed by atoms with Crippen LogP contribution >= 0.6 is 0 Å². The molecule has 0 aliphatic heterocycles. The fraction of sp³-hybridized carbons (Fsp3) is 0.364. The lowest BCUT2D eigenvalue weighted by Gasteiger charge is -2.06. The Morgan fingerprint density at radius 3 is 2.27 bits per heavy atom. The highest BCUT2D eigenvalue weighted by Crippen LogP contribution is 2.14. The van der Waals surface area contributed by atoms with Gasteiger partial charge in [0.05, 0.1) is 23.1 Å². The smallest absolute Gasteiger partial charge is 0.125 e. The highest BCUT2D eigenvalue weighted by molar-refractivity contribution is 5.75. The molecule has 4 nitrogen and oxygen atoms in total. The summed E-state index contributed by atoms with van der Waals surface area (Å²) in [4.78, 5) is 13.1.